The molecule has 2 N–H and O–H groups in total. The van der Waals surface area contributed by atoms with Crippen molar-refractivity contribution in [2.45, 2.75) is 11.3 Å². The van der Waals surface area contributed by atoms with Gasteiger partial charge in [0.25, 0.3) is 6.43 Å². The number of hydrogen-bond acceptors (Lipinski definition) is 3. The Kier molecular flexibility index (Phi) is 3.37. The minimum atomic E-state index is -3.97. The average Bonchev–Trinajstić information content (AvgIpc) is 2.02. The summed E-state index contributed by atoms with van der Waals surface area (Å²) in [4.78, 5) is 3.04. The highest BCUT2D eigenvalue weighted by Crippen LogP contribution is 2.22. The molecule has 1 aromatic rings. The smallest absolute Gasteiger partial charge is 0.254 e. The number of nitrogens with two attached hydrogens (primary N) is 1. The minimum Gasteiger partial charge on any atom is -0.254 e. The third-order valence-corrected chi connectivity index (χ3v) is 3.55. The molecule has 4 nitrogen and oxygen atoms in total. The normalized spacial score (nSPS) is 12.1. The van der Waals surface area contributed by atoms with Crippen LogP contribution in [0.15, 0.2) is 17.2 Å². The Morgan fingerprint density at radius 3 is 2.50 bits per heavy atom. The van der Waals surface area contributed by atoms with Gasteiger partial charge in [-0.1, -0.05) is 0 Å². The molecule has 1 aromatic heterocycles. The second-order valence-electron chi connectivity index (χ2n) is 2.39. The van der Waals surface area contributed by atoms with E-state index in [4.69, 9.17) is 5.14 Å². The van der Waals surface area contributed by atoms with Gasteiger partial charge in [-0.15, -0.1) is 0 Å². The van der Waals surface area contributed by atoms with Gasteiger partial charge >= 0.3 is 0 Å². The summed E-state index contributed by atoms with van der Waals surface area (Å²) in [5.41, 5.74) is -0.602. The molecule has 0 aliphatic rings. The van der Waals surface area contributed by atoms with Crippen molar-refractivity contribution in [1.29, 1.82) is 0 Å². The van der Waals surface area contributed by atoms with Crippen LogP contribution >= 0.6 is 22.6 Å². The molecule has 0 aliphatic carbocycles. The predicted octanol–water partition coefficient (Wildman–Crippen LogP) is 1.27. The zero-order valence-corrected chi connectivity index (χ0v) is 9.59. The van der Waals surface area contributed by atoms with E-state index in [1.165, 1.54) is 0 Å². The zero-order valence-electron chi connectivity index (χ0n) is 6.62. The SMILES string of the molecule is NS(=O)(=O)c1cc(C(F)F)ncc1I. The first-order chi connectivity index (χ1) is 6.32. The summed E-state index contributed by atoms with van der Waals surface area (Å²) in [6, 6.07) is 0.780. The number of halogens is 3. The van der Waals surface area contributed by atoms with Crippen LogP contribution in [0, 0.1) is 3.57 Å². The molecule has 0 radical (unpaired) electrons. The number of pyridine rings is 1. The monoisotopic (exact) mass is 334 g/mol. The van der Waals surface area contributed by atoms with Crippen molar-refractivity contribution in [1.82, 2.24) is 4.98 Å². The molecule has 0 aromatic carbocycles. The number of alkyl halides is 2. The Morgan fingerprint density at radius 2 is 2.07 bits per heavy atom. The van der Waals surface area contributed by atoms with E-state index in [1.807, 2.05) is 0 Å². The number of aromatic nitrogens is 1. The van der Waals surface area contributed by atoms with Crippen LogP contribution in [0.1, 0.15) is 12.1 Å². The lowest BCUT2D eigenvalue weighted by Crippen LogP contribution is -2.14. The highest BCUT2D eigenvalue weighted by atomic mass is 127. The molecule has 0 unspecified atom stereocenters. The largest absolute Gasteiger partial charge is 0.280 e. The van der Waals surface area contributed by atoms with Gasteiger partial charge in [0.05, 0.1) is 8.47 Å². The lowest BCUT2D eigenvalue weighted by molar-refractivity contribution is 0.145. The lowest BCUT2D eigenvalue weighted by Gasteiger charge is -2.03. The second kappa shape index (κ2) is 4.03. The van der Waals surface area contributed by atoms with Gasteiger partial charge < -0.3 is 0 Å². The van der Waals surface area contributed by atoms with Gasteiger partial charge in [-0.25, -0.2) is 22.3 Å². The molecule has 1 rings (SSSR count). The van der Waals surface area contributed by atoms with Crippen molar-refractivity contribution in [2.24, 2.45) is 5.14 Å². The van der Waals surface area contributed by atoms with Crippen molar-refractivity contribution >= 4 is 32.6 Å². The lowest BCUT2D eigenvalue weighted by atomic mass is 10.4. The fourth-order valence-corrected chi connectivity index (χ4v) is 2.60. The first-order valence-corrected chi connectivity index (χ1v) is 5.91. The highest BCUT2D eigenvalue weighted by Gasteiger charge is 2.17. The summed E-state index contributed by atoms with van der Waals surface area (Å²) >= 11 is 1.66. The van der Waals surface area contributed by atoms with E-state index in [2.05, 4.69) is 4.98 Å². The van der Waals surface area contributed by atoms with Gasteiger partial charge in [0.15, 0.2) is 0 Å². The molecule has 8 heteroatoms. The molecule has 0 spiro atoms. The molecular formula is C6H5F2IN2O2S. The Balaban J connectivity index is 3.37. The summed E-state index contributed by atoms with van der Waals surface area (Å²) in [7, 11) is -3.97. The van der Waals surface area contributed by atoms with E-state index >= 15 is 0 Å². The summed E-state index contributed by atoms with van der Waals surface area (Å²) in [5.74, 6) is 0. The number of nitrogens with zero attached hydrogens (tertiary/aromatic N) is 1. The zero-order chi connectivity index (χ0) is 10.9. The van der Waals surface area contributed by atoms with E-state index in [1.54, 1.807) is 22.6 Å². The van der Waals surface area contributed by atoms with E-state index in [0.29, 0.717) is 0 Å². The maximum Gasteiger partial charge on any atom is 0.280 e. The average molecular weight is 334 g/mol. The van der Waals surface area contributed by atoms with Crippen LogP contribution in [-0.4, -0.2) is 13.4 Å². The summed E-state index contributed by atoms with van der Waals surface area (Å²) in [6.45, 7) is 0. The molecular weight excluding hydrogens is 329 g/mol. The van der Waals surface area contributed by atoms with E-state index in [-0.39, 0.29) is 8.47 Å². The molecule has 0 saturated heterocycles. The van der Waals surface area contributed by atoms with Crippen LogP contribution in [0.4, 0.5) is 8.78 Å². The Labute approximate surface area is 92.7 Å². The van der Waals surface area contributed by atoms with Crippen LogP contribution in [0.2, 0.25) is 0 Å². The Hall–Kier alpha value is -0.350. The number of rotatable bonds is 2. The Bertz CT molecular complexity index is 449. The first-order valence-electron chi connectivity index (χ1n) is 3.29. The van der Waals surface area contributed by atoms with Crippen molar-refractivity contribution in [2.75, 3.05) is 0 Å². The molecule has 78 valence electrons. The maximum atomic E-state index is 12.2. The van der Waals surface area contributed by atoms with Gasteiger partial charge in [0, 0.05) is 6.20 Å². The van der Waals surface area contributed by atoms with Crippen LogP contribution < -0.4 is 5.14 Å². The van der Waals surface area contributed by atoms with E-state index < -0.39 is 22.1 Å². The van der Waals surface area contributed by atoms with Crippen LogP contribution in [0.5, 0.6) is 0 Å². The van der Waals surface area contributed by atoms with Gasteiger partial charge in [-0.2, -0.15) is 0 Å². The van der Waals surface area contributed by atoms with Crippen LogP contribution in [0.25, 0.3) is 0 Å². The predicted molar refractivity (Wildman–Crippen MR) is 53.3 cm³/mol. The first kappa shape index (κ1) is 11.7. The van der Waals surface area contributed by atoms with Crippen LogP contribution in [0.3, 0.4) is 0 Å². The topological polar surface area (TPSA) is 73.1 Å². The molecule has 0 amide bonds. The molecule has 0 saturated carbocycles. The third kappa shape index (κ3) is 2.58. The van der Waals surface area contributed by atoms with Gasteiger partial charge in [-0.3, -0.25) is 4.98 Å². The molecule has 0 bridgehead atoms. The summed E-state index contributed by atoms with van der Waals surface area (Å²) < 4.78 is 46.4. The van der Waals surface area contributed by atoms with Crippen molar-refractivity contribution in [3.63, 3.8) is 0 Å². The standard InChI is InChI=1S/C6H5F2IN2O2S/c7-6(8)4-1-5(14(10,12)13)3(9)2-11-4/h1-2,6H,(H2,10,12,13). The van der Waals surface area contributed by atoms with E-state index in [0.717, 1.165) is 12.3 Å². The summed E-state index contributed by atoms with van der Waals surface area (Å²) in [5, 5.41) is 4.82. The van der Waals surface area contributed by atoms with Gasteiger partial charge in [0.2, 0.25) is 10.0 Å². The molecule has 1 heterocycles. The minimum absolute atomic E-state index is 0.217. The second-order valence-corrected chi connectivity index (χ2v) is 5.08. The quantitative estimate of drug-likeness (QED) is 0.828. The molecule has 0 atom stereocenters. The fourth-order valence-electron chi connectivity index (χ4n) is 0.773. The maximum absolute atomic E-state index is 12.2. The number of hydrogen-bond donors (Lipinski definition) is 1. The van der Waals surface area contributed by atoms with Crippen molar-refractivity contribution in [3.8, 4) is 0 Å². The Morgan fingerprint density at radius 1 is 1.50 bits per heavy atom. The third-order valence-electron chi connectivity index (χ3n) is 1.37. The molecule has 0 aliphatic heterocycles. The van der Waals surface area contributed by atoms with E-state index in [9.17, 15) is 17.2 Å². The molecule has 0 fully saturated rings. The van der Waals surface area contributed by atoms with Gasteiger partial charge in [0.1, 0.15) is 5.69 Å². The van der Waals surface area contributed by atoms with Gasteiger partial charge in [-0.05, 0) is 28.7 Å². The summed E-state index contributed by atoms with van der Waals surface area (Å²) in [6.07, 6.45) is -1.77. The van der Waals surface area contributed by atoms with Crippen LogP contribution in [-0.2, 0) is 10.0 Å². The number of sulfonamides is 1. The fraction of sp³-hybridized carbons (Fsp3) is 0.167. The van der Waals surface area contributed by atoms with Crippen molar-refractivity contribution < 1.29 is 17.2 Å². The molecule has 14 heavy (non-hydrogen) atoms. The van der Waals surface area contributed by atoms with Crippen molar-refractivity contribution in [3.05, 3.63) is 21.5 Å². The number of primary sulfonamides is 1. The highest BCUT2D eigenvalue weighted by molar-refractivity contribution is 14.1.